The number of nitrogens with two attached hydrogens (primary N) is 1. The standard InChI is InChI=1S/C25H20Cl2N2O3S/c1-13(2)12-32-25(31)15-5-8-20-19(9-15)29-23(14-3-6-16(26)7-4-14)22-18(24(28)30)10-17(27)11-21(22)33-20/h3-11,13H,12H2,1-2H3,(H2,28,30). The monoisotopic (exact) mass is 498 g/mol. The van der Waals surface area contributed by atoms with Crippen LogP contribution in [0.4, 0.5) is 5.69 Å². The molecule has 0 atom stereocenters. The molecule has 1 aliphatic rings. The highest BCUT2D eigenvalue weighted by atomic mass is 35.5. The van der Waals surface area contributed by atoms with Crippen molar-refractivity contribution >= 4 is 58.2 Å². The summed E-state index contributed by atoms with van der Waals surface area (Å²) < 4.78 is 5.38. The lowest BCUT2D eigenvalue weighted by molar-refractivity contribution is 0.0459. The van der Waals surface area contributed by atoms with Gasteiger partial charge in [-0.15, -0.1) is 0 Å². The molecule has 3 aromatic carbocycles. The van der Waals surface area contributed by atoms with Gasteiger partial charge in [0.25, 0.3) is 0 Å². The van der Waals surface area contributed by atoms with E-state index < -0.39 is 11.9 Å². The number of nitrogens with zero attached hydrogens (tertiary/aromatic N) is 1. The van der Waals surface area contributed by atoms with Crippen LogP contribution in [-0.2, 0) is 4.74 Å². The van der Waals surface area contributed by atoms with E-state index in [4.69, 9.17) is 38.7 Å². The summed E-state index contributed by atoms with van der Waals surface area (Å²) in [5.74, 6) is -0.798. The molecule has 1 heterocycles. The molecular weight excluding hydrogens is 479 g/mol. The number of hydrogen-bond donors (Lipinski definition) is 1. The first-order valence-electron chi connectivity index (χ1n) is 10.2. The number of primary amides is 1. The van der Waals surface area contributed by atoms with Crippen LogP contribution >= 0.6 is 35.0 Å². The minimum atomic E-state index is -0.611. The predicted octanol–water partition coefficient (Wildman–Crippen LogP) is 6.54. The fourth-order valence-electron chi connectivity index (χ4n) is 3.36. The van der Waals surface area contributed by atoms with E-state index in [0.29, 0.717) is 39.2 Å². The highest BCUT2D eigenvalue weighted by Gasteiger charge is 2.25. The molecule has 0 bridgehead atoms. The topological polar surface area (TPSA) is 81.8 Å². The molecule has 3 aromatic rings. The molecule has 0 saturated heterocycles. The summed E-state index contributed by atoms with van der Waals surface area (Å²) in [6.45, 7) is 4.28. The largest absolute Gasteiger partial charge is 0.462 e. The molecule has 0 spiro atoms. The third-order valence-corrected chi connectivity index (χ3v) is 6.46. The maximum absolute atomic E-state index is 12.5. The maximum atomic E-state index is 12.5. The van der Waals surface area contributed by atoms with E-state index in [1.165, 1.54) is 11.8 Å². The van der Waals surface area contributed by atoms with Crippen molar-refractivity contribution in [2.24, 2.45) is 16.6 Å². The fourth-order valence-corrected chi connectivity index (χ4v) is 4.84. The summed E-state index contributed by atoms with van der Waals surface area (Å²) >= 11 is 13.8. The Labute approximate surface area is 205 Å². The highest BCUT2D eigenvalue weighted by molar-refractivity contribution is 7.99. The zero-order valence-corrected chi connectivity index (χ0v) is 20.2. The first-order chi connectivity index (χ1) is 15.7. The van der Waals surface area contributed by atoms with Crippen molar-refractivity contribution in [3.05, 3.63) is 86.9 Å². The molecule has 0 unspecified atom stereocenters. The van der Waals surface area contributed by atoms with Crippen LogP contribution in [0.25, 0.3) is 0 Å². The van der Waals surface area contributed by atoms with Crippen molar-refractivity contribution < 1.29 is 14.3 Å². The van der Waals surface area contributed by atoms with Crippen LogP contribution in [0, 0.1) is 5.92 Å². The van der Waals surface area contributed by atoms with Gasteiger partial charge >= 0.3 is 5.97 Å². The quantitative estimate of drug-likeness (QED) is 0.316. The van der Waals surface area contributed by atoms with Gasteiger partial charge in [-0.05, 0) is 48.4 Å². The summed E-state index contributed by atoms with van der Waals surface area (Å²) in [6.07, 6.45) is 0. The molecule has 168 valence electrons. The minimum absolute atomic E-state index is 0.228. The van der Waals surface area contributed by atoms with Crippen LogP contribution in [0.3, 0.4) is 0 Å². The van der Waals surface area contributed by atoms with Crippen LogP contribution in [0.2, 0.25) is 10.0 Å². The van der Waals surface area contributed by atoms with Gasteiger partial charge in [0, 0.05) is 31.0 Å². The van der Waals surface area contributed by atoms with Gasteiger partial charge in [-0.3, -0.25) is 4.79 Å². The molecule has 4 rings (SSSR count). The Bertz CT molecular complexity index is 1290. The van der Waals surface area contributed by atoms with Crippen molar-refractivity contribution in [1.29, 1.82) is 0 Å². The molecule has 0 fully saturated rings. The molecule has 5 nitrogen and oxygen atoms in total. The lowest BCUT2D eigenvalue weighted by Gasteiger charge is -2.14. The average Bonchev–Trinajstić information content (AvgIpc) is 2.93. The van der Waals surface area contributed by atoms with Gasteiger partial charge in [-0.2, -0.15) is 0 Å². The van der Waals surface area contributed by atoms with Gasteiger partial charge in [0.2, 0.25) is 5.91 Å². The number of fused-ring (bicyclic) bond motifs is 2. The Morgan fingerprint density at radius 1 is 1.00 bits per heavy atom. The van der Waals surface area contributed by atoms with Gasteiger partial charge in [-0.25, -0.2) is 9.79 Å². The molecule has 33 heavy (non-hydrogen) atoms. The third-order valence-electron chi connectivity index (χ3n) is 4.88. The molecule has 0 radical (unpaired) electrons. The first-order valence-corrected chi connectivity index (χ1v) is 11.8. The number of amides is 1. The van der Waals surface area contributed by atoms with Crippen LogP contribution in [0.1, 0.15) is 45.7 Å². The molecule has 8 heteroatoms. The second kappa shape index (κ2) is 9.59. The van der Waals surface area contributed by atoms with Crippen molar-refractivity contribution in [1.82, 2.24) is 0 Å². The molecule has 1 aliphatic heterocycles. The minimum Gasteiger partial charge on any atom is -0.462 e. The van der Waals surface area contributed by atoms with Crippen molar-refractivity contribution in [3.8, 4) is 0 Å². The van der Waals surface area contributed by atoms with Crippen LogP contribution in [0.15, 0.2) is 69.4 Å². The number of carbonyl (C=O) groups excluding carboxylic acids is 2. The second-order valence-corrected chi connectivity index (χ2v) is 9.89. The summed E-state index contributed by atoms with van der Waals surface area (Å²) in [6, 6.07) is 15.7. The Balaban J connectivity index is 1.91. The fraction of sp³-hybridized carbons (Fsp3) is 0.160. The molecule has 2 N–H and O–H groups in total. The van der Waals surface area contributed by atoms with E-state index >= 15 is 0 Å². The van der Waals surface area contributed by atoms with Crippen molar-refractivity contribution in [2.75, 3.05) is 6.61 Å². The number of rotatable bonds is 5. The van der Waals surface area contributed by atoms with Gasteiger partial charge in [0.05, 0.1) is 29.1 Å². The summed E-state index contributed by atoms with van der Waals surface area (Å²) in [5, 5.41) is 0.965. The van der Waals surface area contributed by atoms with Crippen LogP contribution < -0.4 is 5.73 Å². The number of esters is 1. The normalized spacial score (nSPS) is 12.5. The van der Waals surface area contributed by atoms with E-state index in [1.54, 1.807) is 36.4 Å². The number of benzene rings is 3. The van der Waals surface area contributed by atoms with Gasteiger partial charge in [-0.1, -0.05) is 60.9 Å². The second-order valence-electron chi connectivity index (χ2n) is 7.93. The van der Waals surface area contributed by atoms with Crippen molar-refractivity contribution in [2.45, 2.75) is 23.6 Å². The molecular formula is C25H20Cl2N2O3S. The van der Waals surface area contributed by atoms with Gasteiger partial charge in [0.15, 0.2) is 0 Å². The third kappa shape index (κ3) is 5.08. The smallest absolute Gasteiger partial charge is 0.338 e. The number of aliphatic imine (C=N–C) groups is 1. The molecule has 0 saturated carbocycles. The van der Waals surface area contributed by atoms with Gasteiger partial charge in [0.1, 0.15) is 0 Å². The number of ether oxygens (including phenoxy) is 1. The predicted molar refractivity (Wildman–Crippen MR) is 132 cm³/mol. The summed E-state index contributed by atoms with van der Waals surface area (Å²) in [5.41, 5.74) is 8.80. The zero-order chi connectivity index (χ0) is 23.7. The number of halogens is 2. The molecule has 0 aliphatic carbocycles. The lowest BCUT2D eigenvalue weighted by Crippen LogP contribution is -2.18. The highest BCUT2D eigenvalue weighted by Crippen LogP contribution is 2.44. The van der Waals surface area contributed by atoms with Crippen molar-refractivity contribution in [3.63, 3.8) is 0 Å². The van der Waals surface area contributed by atoms with Crippen LogP contribution in [-0.4, -0.2) is 24.2 Å². The zero-order valence-electron chi connectivity index (χ0n) is 17.9. The van der Waals surface area contributed by atoms with E-state index in [0.717, 1.165) is 15.4 Å². The Morgan fingerprint density at radius 2 is 1.73 bits per heavy atom. The summed E-state index contributed by atoms with van der Waals surface area (Å²) in [4.78, 5) is 31.3. The van der Waals surface area contributed by atoms with E-state index in [-0.39, 0.29) is 11.5 Å². The Morgan fingerprint density at radius 3 is 2.39 bits per heavy atom. The summed E-state index contributed by atoms with van der Waals surface area (Å²) in [7, 11) is 0. The van der Waals surface area contributed by atoms with Crippen LogP contribution in [0.5, 0.6) is 0 Å². The Hall–Kier alpha value is -2.80. The van der Waals surface area contributed by atoms with Gasteiger partial charge < -0.3 is 10.5 Å². The molecule has 1 amide bonds. The Kier molecular flexibility index (Phi) is 6.79. The maximum Gasteiger partial charge on any atom is 0.338 e. The van der Waals surface area contributed by atoms with E-state index in [9.17, 15) is 9.59 Å². The number of carbonyl (C=O) groups is 2. The first kappa shape index (κ1) is 23.4. The number of hydrogen-bond acceptors (Lipinski definition) is 5. The molecule has 0 aromatic heterocycles. The lowest BCUT2D eigenvalue weighted by atomic mass is 9.96. The van der Waals surface area contributed by atoms with E-state index in [2.05, 4.69) is 0 Å². The average molecular weight is 499 g/mol. The van der Waals surface area contributed by atoms with E-state index in [1.807, 2.05) is 32.0 Å². The SMILES string of the molecule is CC(C)COC(=O)c1ccc2c(c1)N=C(c1ccc(Cl)cc1)c1c(cc(Cl)cc1C(N)=O)S2.